The Labute approximate surface area is 146 Å². The Balaban J connectivity index is 2.42. The van der Waals surface area contributed by atoms with Gasteiger partial charge in [0.25, 0.3) is 0 Å². The number of ether oxygens (including phenoxy) is 2. The highest BCUT2D eigenvalue weighted by molar-refractivity contribution is 9.10. The summed E-state index contributed by atoms with van der Waals surface area (Å²) in [6, 6.07) is 3.55. The van der Waals surface area contributed by atoms with E-state index in [1.807, 2.05) is 6.07 Å². The van der Waals surface area contributed by atoms with Crippen molar-refractivity contribution in [2.24, 2.45) is 5.10 Å². The van der Waals surface area contributed by atoms with Gasteiger partial charge in [-0.15, -0.1) is 5.10 Å². The van der Waals surface area contributed by atoms with Crippen molar-refractivity contribution in [3.05, 3.63) is 22.2 Å². The summed E-state index contributed by atoms with van der Waals surface area (Å²) in [6.45, 7) is 2.80. The second-order valence-corrected chi connectivity index (χ2v) is 6.57. The van der Waals surface area contributed by atoms with Crippen LogP contribution in [0.4, 0.5) is 0 Å². The maximum absolute atomic E-state index is 11.9. The molecule has 0 aliphatic carbocycles. The van der Waals surface area contributed by atoms with Gasteiger partial charge in [0.15, 0.2) is 5.17 Å². The summed E-state index contributed by atoms with van der Waals surface area (Å²) in [7, 11) is 3.10. The largest absolute Gasteiger partial charge is 0.496 e. The van der Waals surface area contributed by atoms with Gasteiger partial charge in [-0.25, -0.2) is 5.01 Å². The highest BCUT2D eigenvalue weighted by Crippen LogP contribution is 2.45. The van der Waals surface area contributed by atoms with Crippen molar-refractivity contribution < 1.29 is 19.1 Å². The van der Waals surface area contributed by atoms with Crippen LogP contribution in [0.5, 0.6) is 11.5 Å². The summed E-state index contributed by atoms with van der Waals surface area (Å²) in [5.41, 5.74) is 0.740. The lowest BCUT2D eigenvalue weighted by molar-refractivity contribution is -0.129. The molecule has 0 unspecified atom stereocenters. The van der Waals surface area contributed by atoms with Crippen LogP contribution in [0.15, 0.2) is 21.7 Å². The van der Waals surface area contributed by atoms with E-state index < -0.39 is 5.37 Å². The van der Waals surface area contributed by atoms with Crippen molar-refractivity contribution >= 4 is 44.7 Å². The smallest absolute Gasteiger partial charge is 0.241 e. The number of methoxy groups -OCH3 is 2. The van der Waals surface area contributed by atoms with E-state index in [2.05, 4.69) is 26.3 Å². The summed E-state index contributed by atoms with van der Waals surface area (Å²) in [6.07, 6.45) is 0. The summed E-state index contributed by atoms with van der Waals surface area (Å²) in [5, 5.41) is 8.01. The lowest BCUT2D eigenvalue weighted by Crippen LogP contribution is -2.25. The average molecular weight is 402 g/mol. The molecule has 1 aromatic carbocycles. The molecule has 0 spiro atoms. The molecule has 23 heavy (non-hydrogen) atoms. The first-order valence-electron chi connectivity index (χ1n) is 6.61. The van der Waals surface area contributed by atoms with Crippen molar-refractivity contribution in [1.82, 2.24) is 10.3 Å². The molecule has 1 aliphatic heterocycles. The maximum Gasteiger partial charge on any atom is 0.241 e. The number of hydrogen-bond donors (Lipinski definition) is 1. The molecule has 1 N–H and O–H groups in total. The molecule has 1 aromatic rings. The molecule has 124 valence electrons. The van der Waals surface area contributed by atoms with Gasteiger partial charge < -0.3 is 14.8 Å². The zero-order chi connectivity index (χ0) is 17.1. The SMILES string of the molecule is COc1cc(OC)c([C@H]2SC(NC(C)=O)=NN2C(C)=O)cc1Br. The van der Waals surface area contributed by atoms with Gasteiger partial charge in [-0.2, -0.15) is 0 Å². The summed E-state index contributed by atoms with van der Waals surface area (Å²) in [4.78, 5) is 23.1. The molecule has 2 amide bonds. The van der Waals surface area contributed by atoms with Crippen LogP contribution in [-0.4, -0.2) is 36.2 Å². The molecule has 0 bridgehead atoms. The monoisotopic (exact) mass is 401 g/mol. The topological polar surface area (TPSA) is 80.2 Å². The third-order valence-electron chi connectivity index (χ3n) is 3.02. The van der Waals surface area contributed by atoms with Crippen molar-refractivity contribution in [2.45, 2.75) is 19.2 Å². The predicted octanol–water partition coefficient (Wildman–Crippen LogP) is 2.47. The summed E-state index contributed by atoms with van der Waals surface area (Å²) >= 11 is 4.69. The van der Waals surface area contributed by atoms with Crippen molar-refractivity contribution in [2.75, 3.05) is 14.2 Å². The molecule has 7 nitrogen and oxygen atoms in total. The minimum atomic E-state index is -0.438. The van der Waals surface area contributed by atoms with Crippen LogP contribution in [0.3, 0.4) is 0 Å². The van der Waals surface area contributed by atoms with E-state index in [1.54, 1.807) is 20.3 Å². The molecule has 0 fully saturated rings. The van der Waals surface area contributed by atoms with E-state index >= 15 is 0 Å². The number of thioether (sulfide) groups is 1. The number of rotatable bonds is 3. The van der Waals surface area contributed by atoms with Gasteiger partial charge in [0, 0.05) is 25.5 Å². The average Bonchev–Trinajstić information content (AvgIpc) is 2.90. The Bertz CT molecular complexity index is 680. The molecule has 1 atom stereocenters. The second-order valence-electron chi connectivity index (χ2n) is 4.65. The number of halogens is 1. The molecule has 0 saturated heterocycles. The molecule has 1 aliphatic rings. The minimum absolute atomic E-state index is 0.239. The number of carbonyl (C=O) groups is 2. The van der Waals surface area contributed by atoms with Gasteiger partial charge in [-0.05, 0) is 22.0 Å². The van der Waals surface area contributed by atoms with Crippen LogP contribution < -0.4 is 14.8 Å². The van der Waals surface area contributed by atoms with E-state index in [-0.39, 0.29) is 11.8 Å². The van der Waals surface area contributed by atoms with Gasteiger partial charge in [0.05, 0.1) is 18.7 Å². The minimum Gasteiger partial charge on any atom is -0.496 e. The van der Waals surface area contributed by atoms with Crippen LogP contribution in [0.1, 0.15) is 24.8 Å². The maximum atomic E-state index is 11.9. The van der Waals surface area contributed by atoms with Crippen molar-refractivity contribution in [3.8, 4) is 11.5 Å². The van der Waals surface area contributed by atoms with Crippen LogP contribution >= 0.6 is 27.7 Å². The Morgan fingerprint density at radius 1 is 1.26 bits per heavy atom. The zero-order valence-electron chi connectivity index (χ0n) is 13.0. The fourth-order valence-corrected chi connectivity index (χ4v) is 3.72. The molecule has 1 heterocycles. The highest BCUT2D eigenvalue weighted by Gasteiger charge is 2.34. The summed E-state index contributed by atoms with van der Waals surface area (Å²) in [5.74, 6) is 0.694. The number of amides is 2. The molecule has 0 radical (unpaired) electrons. The fraction of sp³-hybridized carbons (Fsp3) is 0.357. The van der Waals surface area contributed by atoms with E-state index in [4.69, 9.17) is 9.47 Å². The number of hydrogen-bond acceptors (Lipinski definition) is 6. The number of carbonyl (C=O) groups excluding carboxylic acids is 2. The van der Waals surface area contributed by atoms with Crippen molar-refractivity contribution in [1.29, 1.82) is 0 Å². The van der Waals surface area contributed by atoms with Crippen LogP contribution in [-0.2, 0) is 9.59 Å². The first-order chi connectivity index (χ1) is 10.9. The van der Waals surface area contributed by atoms with Gasteiger partial charge in [0.2, 0.25) is 11.8 Å². The Hall–Kier alpha value is -1.74. The Kier molecular flexibility index (Phi) is 5.53. The third-order valence-corrected chi connectivity index (χ3v) is 4.72. The molecule has 2 rings (SSSR count). The number of nitrogens with zero attached hydrogens (tertiary/aromatic N) is 2. The molecule has 0 saturated carbocycles. The standard InChI is InChI=1S/C14H16BrN3O4S/c1-7(19)16-14-17-18(8(2)20)13(23-14)9-5-10(15)12(22-4)6-11(9)21-3/h5-6,13H,1-4H3,(H,16,17,19)/t13-/m1/s1. The quantitative estimate of drug-likeness (QED) is 0.841. The molecule has 9 heteroatoms. The Morgan fingerprint density at radius 2 is 1.91 bits per heavy atom. The predicted molar refractivity (Wildman–Crippen MR) is 91.3 cm³/mol. The Morgan fingerprint density at radius 3 is 2.43 bits per heavy atom. The summed E-state index contributed by atoms with van der Waals surface area (Å²) < 4.78 is 11.4. The second kappa shape index (κ2) is 7.22. The van der Waals surface area contributed by atoms with E-state index in [9.17, 15) is 9.59 Å². The first kappa shape index (κ1) is 17.6. The zero-order valence-corrected chi connectivity index (χ0v) is 15.4. The van der Waals surface area contributed by atoms with Crippen LogP contribution in [0.25, 0.3) is 0 Å². The number of amidine groups is 1. The number of hydrazone groups is 1. The van der Waals surface area contributed by atoms with E-state index in [0.717, 1.165) is 10.0 Å². The van der Waals surface area contributed by atoms with Crippen LogP contribution in [0, 0.1) is 0 Å². The molecular formula is C14H16BrN3O4S. The fourth-order valence-electron chi connectivity index (χ4n) is 2.04. The normalized spacial score (nSPS) is 16.8. The van der Waals surface area contributed by atoms with Crippen LogP contribution in [0.2, 0.25) is 0 Å². The lowest BCUT2D eigenvalue weighted by Gasteiger charge is -2.22. The van der Waals surface area contributed by atoms with Gasteiger partial charge in [0.1, 0.15) is 16.9 Å². The highest BCUT2D eigenvalue weighted by atomic mass is 79.9. The van der Waals surface area contributed by atoms with Gasteiger partial charge >= 0.3 is 0 Å². The molecular weight excluding hydrogens is 386 g/mol. The number of benzene rings is 1. The third kappa shape index (κ3) is 3.78. The first-order valence-corrected chi connectivity index (χ1v) is 8.28. The van der Waals surface area contributed by atoms with Crippen molar-refractivity contribution in [3.63, 3.8) is 0 Å². The number of nitrogens with one attached hydrogen (secondary N) is 1. The van der Waals surface area contributed by atoms with E-state index in [1.165, 1.54) is 30.6 Å². The van der Waals surface area contributed by atoms with E-state index in [0.29, 0.717) is 16.7 Å². The lowest BCUT2D eigenvalue weighted by atomic mass is 10.1. The van der Waals surface area contributed by atoms with Gasteiger partial charge in [-0.1, -0.05) is 11.8 Å². The van der Waals surface area contributed by atoms with Gasteiger partial charge in [-0.3, -0.25) is 9.59 Å². The molecule has 0 aromatic heterocycles.